The van der Waals surface area contributed by atoms with Crippen molar-refractivity contribution >= 4 is 5.91 Å². The summed E-state index contributed by atoms with van der Waals surface area (Å²) in [4.78, 5) is 12.1. The Bertz CT molecular complexity index is 649. The van der Waals surface area contributed by atoms with Crippen LogP contribution in [0.4, 0.5) is 0 Å². The molecule has 4 heteroatoms. The zero-order valence-electron chi connectivity index (χ0n) is 15.0. The number of aromatic nitrogens is 1. The van der Waals surface area contributed by atoms with Crippen molar-refractivity contribution in [1.82, 2.24) is 9.88 Å². The van der Waals surface area contributed by atoms with Gasteiger partial charge in [0, 0.05) is 24.6 Å². The van der Waals surface area contributed by atoms with E-state index in [4.69, 9.17) is 4.74 Å². The Hall–Kier alpha value is -2.07. The van der Waals surface area contributed by atoms with E-state index in [-0.39, 0.29) is 5.91 Å². The van der Waals surface area contributed by atoms with Crippen LogP contribution in [0.5, 0.6) is 0 Å². The van der Waals surface area contributed by atoms with Crippen molar-refractivity contribution in [3.05, 3.63) is 54.4 Å². The fourth-order valence-corrected chi connectivity index (χ4v) is 3.47. The zero-order chi connectivity index (χ0) is 17.5. The lowest BCUT2D eigenvalue weighted by Gasteiger charge is -2.28. The maximum atomic E-state index is 12.1. The Morgan fingerprint density at radius 3 is 2.60 bits per heavy atom. The number of nitrogens with zero attached hydrogens (tertiary/aromatic N) is 1. The van der Waals surface area contributed by atoms with E-state index in [1.54, 1.807) is 0 Å². The monoisotopic (exact) mass is 340 g/mol. The van der Waals surface area contributed by atoms with E-state index in [0.29, 0.717) is 31.6 Å². The lowest BCUT2D eigenvalue weighted by Crippen LogP contribution is -2.32. The van der Waals surface area contributed by atoms with Crippen LogP contribution >= 0.6 is 0 Å². The minimum atomic E-state index is 0.0500. The number of benzene rings is 1. The lowest BCUT2D eigenvalue weighted by molar-refractivity contribution is -0.120. The first-order chi connectivity index (χ1) is 12.2. The van der Waals surface area contributed by atoms with Crippen molar-refractivity contribution in [2.75, 3.05) is 13.2 Å². The molecule has 0 spiro atoms. The second-order valence-corrected chi connectivity index (χ2v) is 6.95. The number of carbonyl (C=O) groups is 1. The molecule has 0 aliphatic heterocycles. The van der Waals surface area contributed by atoms with E-state index in [9.17, 15) is 4.79 Å². The van der Waals surface area contributed by atoms with Crippen LogP contribution in [0.3, 0.4) is 0 Å². The molecule has 1 aromatic carbocycles. The second-order valence-electron chi connectivity index (χ2n) is 6.95. The Kier molecular flexibility index (Phi) is 6.29. The number of hydrogen-bond donors (Lipinski definition) is 1. The molecule has 1 fully saturated rings. The SMILES string of the molecule is C[C@@H]1CCCC[C@H]1OCCNC(=O)Cc1ccc(-n2cccc2)cc1. The largest absolute Gasteiger partial charge is 0.376 e. The zero-order valence-corrected chi connectivity index (χ0v) is 15.0. The highest BCUT2D eigenvalue weighted by molar-refractivity contribution is 5.78. The van der Waals surface area contributed by atoms with Crippen molar-refractivity contribution in [3.63, 3.8) is 0 Å². The molecular weight excluding hydrogens is 312 g/mol. The molecule has 1 N–H and O–H groups in total. The molecule has 2 atom stereocenters. The highest BCUT2D eigenvalue weighted by atomic mass is 16.5. The van der Waals surface area contributed by atoms with Crippen molar-refractivity contribution < 1.29 is 9.53 Å². The van der Waals surface area contributed by atoms with Gasteiger partial charge in [-0.3, -0.25) is 4.79 Å². The molecule has 0 unspecified atom stereocenters. The molecule has 1 amide bonds. The van der Waals surface area contributed by atoms with Gasteiger partial charge in [0.25, 0.3) is 0 Å². The first kappa shape index (κ1) is 17.7. The van der Waals surface area contributed by atoms with Crippen LogP contribution < -0.4 is 5.32 Å². The van der Waals surface area contributed by atoms with Crippen molar-refractivity contribution in [1.29, 1.82) is 0 Å². The van der Waals surface area contributed by atoms with Gasteiger partial charge >= 0.3 is 0 Å². The van der Waals surface area contributed by atoms with Gasteiger partial charge in [0.1, 0.15) is 0 Å². The maximum Gasteiger partial charge on any atom is 0.224 e. The van der Waals surface area contributed by atoms with Crippen LogP contribution in [0.15, 0.2) is 48.8 Å². The van der Waals surface area contributed by atoms with E-state index in [1.165, 1.54) is 19.3 Å². The number of ether oxygens (including phenoxy) is 1. The van der Waals surface area contributed by atoms with E-state index >= 15 is 0 Å². The topological polar surface area (TPSA) is 43.3 Å². The molecule has 134 valence electrons. The lowest BCUT2D eigenvalue weighted by atomic mass is 9.88. The van der Waals surface area contributed by atoms with Gasteiger partial charge in [-0.05, 0) is 48.6 Å². The van der Waals surface area contributed by atoms with Crippen molar-refractivity contribution in [3.8, 4) is 5.69 Å². The van der Waals surface area contributed by atoms with Gasteiger partial charge in [-0.15, -0.1) is 0 Å². The molecule has 3 rings (SSSR count). The molecule has 1 aliphatic carbocycles. The van der Waals surface area contributed by atoms with Gasteiger partial charge < -0.3 is 14.6 Å². The summed E-state index contributed by atoms with van der Waals surface area (Å²) in [5.41, 5.74) is 2.12. The summed E-state index contributed by atoms with van der Waals surface area (Å²) < 4.78 is 7.98. The maximum absolute atomic E-state index is 12.1. The summed E-state index contributed by atoms with van der Waals surface area (Å²) in [6.45, 7) is 3.45. The molecular formula is C21H28N2O2. The molecule has 25 heavy (non-hydrogen) atoms. The summed E-state index contributed by atoms with van der Waals surface area (Å²) in [7, 11) is 0. The fourth-order valence-electron chi connectivity index (χ4n) is 3.47. The smallest absolute Gasteiger partial charge is 0.224 e. The molecule has 1 aromatic heterocycles. The molecule has 0 radical (unpaired) electrons. The van der Waals surface area contributed by atoms with Gasteiger partial charge in [-0.2, -0.15) is 0 Å². The minimum Gasteiger partial charge on any atom is -0.376 e. The van der Waals surface area contributed by atoms with Crippen LogP contribution in [-0.4, -0.2) is 29.7 Å². The van der Waals surface area contributed by atoms with Crippen LogP contribution in [0.1, 0.15) is 38.2 Å². The average molecular weight is 340 g/mol. The summed E-state index contributed by atoms with van der Waals surface area (Å²) in [5, 5.41) is 2.96. The molecule has 1 saturated carbocycles. The first-order valence-electron chi connectivity index (χ1n) is 9.33. The van der Waals surface area contributed by atoms with Crippen LogP contribution in [0.2, 0.25) is 0 Å². The quantitative estimate of drug-likeness (QED) is 0.781. The van der Waals surface area contributed by atoms with Gasteiger partial charge in [-0.25, -0.2) is 0 Å². The highest BCUT2D eigenvalue weighted by Gasteiger charge is 2.21. The number of hydrogen-bond acceptors (Lipinski definition) is 2. The van der Waals surface area contributed by atoms with E-state index in [1.807, 2.05) is 53.4 Å². The predicted molar refractivity (Wildman–Crippen MR) is 99.9 cm³/mol. The standard InChI is InChI=1S/C21H28N2O2/c1-17-6-2-3-7-20(17)25-15-12-22-21(24)16-18-8-10-19(11-9-18)23-13-4-5-14-23/h4-5,8-11,13-14,17,20H,2-3,6-7,12,15-16H2,1H3,(H,22,24)/t17-,20-/m1/s1. The Balaban J connectivity index is 1.37. The van der Waals surface area contributed by atoms with Gasteiger partial charge in [-0.1, -0.05) is 31.9 Å². The number of carbonyl (C=O) groups excluding carboxylic acids is 1. The summed E-state index contributed by atoms with van der Waals surface area (Å²) in [6, 6.07) is 12.1. The Labute approximate surface area is 150 Å². The summed E-state index contributed by atoms with van der Waals surface area (Å²) in [5.74, 6) is 0.692. The second kappa shape index (κ2) is 8.86. The first-order valence-corrected chi connectivity index (χ1v) is 9.33. The summed E-state index contributed by atoms with van der Waals surface area (Å²) in [6.07, 6.45) is 9.79. The van der Waals surface area contributed by atoms with Gasteiger partial charge in [0.2, 0.25) is 5.91 Å². The third-order valence-corrected chi connectivity index (χ3v) is 4.99. The third kappa shape index (κ3) is 5.20. The van der Waals surface area contributed by atoms with Crippen molar-refractivity contribution in [2.24, 2.45) is 5.92 Å². The number of nitrogens with one attached hydrogen (secondary N) is 1. The third-order valence-electron chi connectivity index (χ3n) is 4.99. The number of rotatable bonds is 7. The Morgan fingerprint density at radius 1 is 1.16 bits per heavy atom. The fraction of sp³-hybridized carbons (Fsp3) is 0.476. The molecule has 0 bridgehead atoms. The molecule has 2 aromatic rings. The van der Waals surface area contributed by atoms with E-state index < -0.39 is 0 Å². The van der Waals surface area contributed by atoms with Crippen LogP contribution in [-0.2, 0) is 16.0 Å². The van der Waals surface area contributed by atoms with Crippen molar-refractivity contribution in [2.45, 2.75) is 45.1 Å². The molecule has 0 saturated heterocycles. The van der Waals surface area contributed by atoms with E-state index in [2.05, 4.69) is 12.2 Å². The van der Waals surface area contributed by atoms with Gasteiger partial charge in [0.15, 0.2) is 0 Å². The number of amides is 1. The molecule has 1 aliphatic rings. The Morgan fingerprint density at radius 2 is 1.88 bits per heavy atom. The summed E-state index contributed by atoms with van der Waals surface area (Å²) >= 11 is 0. The predicted octanol–water partition coefficient (Wildman–Crippen LogP) is 3.73. The minimum absolute atomic E-state index is 0.0500. The normalized spacial score (nSPS) is 20.4. The average Bonchev–Trinajstić information content (AvgIpc) is 3.15. The highest BCUT2D eigenvalue weighted by Crippen LogP contribution is 2.25. The van der Waals surface area contributed by atoms with Gasteiger partial charge in [0.05, 0.1) is 19.1 Å². The van der Waals surface area contributed by atoms with E-state index in [0.717, 1.165) is 17.7 Å². The van der Waals surface area contributed by atoms with Crippen LogP contribution in [0, 0.1) is 5.92 Å². The molecule has 1 heterocycles. The molecule has 4 nitrogen and oxygen atoms in total. The van der Waals surface area contributed by atoms with Crippen LogP contribution in [0.25, 0.3) is 5.69 Å².